The van der Waals surface area contributed by atoms with E-state index in [1.807, 2.05) is 30.3 Å². The zero-order valence-corrected chi connectivity index (χ0v) is 7.99. The van der Waals surface area contributed by atoms with Crippen molar-refractivity contribution in [3.8, 4) is 0 Å². The summed E-state index contributed by atoms with van der Waals surface area (Å²) in [6, 6.07) is 9.54. The van der Waals surface area contributed by atoms with Gasteiger partial charge in [-0.3, -0.25) is 19.8 Å². The first-order chi connectivity index (χ1) is 7.31. The maximum atomic E-state index is 11.4. The van der Waals surface area contributed by atoms with Gasteiger partial charge in [-0.05, 0) is 5.56 Å². The minimum absolute atomic E-state index is 0.235. The van der Waals surface area contributed by atoms with Crippen molar-refractivity contribution >= 4 is 6.29 Å². The maximum Gasteiger partial charge on any atom is 0.268 e. The van der Waals surface area contributed by atoms with Crippen molar-refractivity contribution in [1.29, 1.82) is 0 Å². The largest absolute Gasteiger partial charge is 0.296 e. The first-order valence-electron chi connectivity index (χ1n) is 4.60. The van der Waals surface area contributed by atoms with Crippen molar-refractivity contribution in [2.45, 2.75) is 6.42 Å². The third-order valence-corrected chi connectivity index (χ3v) is 2.25. The molecule has 2 rings (SSSR count). The fraction of sp³-hybridized carbons (Fsp3) is 0.0909. The summed E-state index contributed by atoms with van der Waals surface area (Å²) in [5.41, 5.74) is 1.58. The van der Waals surface area contributed by atoms with E-state index in [2.05, 4.69) is 10.2 Å². The van der Waals surface area contributed by atoms with E-state index in [0.717, 1.165) is 5.56 Å². The van der Waals surface area contributed by atoms with Crippen LogP contribution < -0.4 is 5.56 Å². The van der Waals surface area contributed by atoms with E-state index in [0.29, 0.717) is 24.0 Å². The Bertz CT molecular complexity index is 511. The van der Waals surface area contributed by atoms with Gasteiger partial charge in [0, 0.05) is 6.42 Å². The van der Waals surface area contributed by atoms with Crippen LogP contribution in [0, 0.1) is 0 Å². The Morgan fingerprint density at radius 2 is 1.87 bits per heavy atom. The lowest BCUT2D eigenvalue weighted by Gasteiger charge is -1.97. The van der Waals surface area contributed by atoms with Crippen molar-refractivity contribution in [3.05, 3.63) is 57.5 Å². The van der Waals surface area contributed by atoms with Gasteiger partial charge in [-0.15, -0.1) is 0 Å². The first-order valence-corrected chi connectivity index (χ1v) is 4.60. The molecule has 0 bridgehead atoms. The lowest BCUT2D eigenvalue weighted by molar-refractivity contribution is 0.111. The summed E-state index contributed by atoms with van der Waals surface area (Å²) >= 11 is 0. The zero-order chi connectivity index (χ0) is 10.7. The van der Waals surface area contributed by atoms with E-state index in [1.165, 1.54) is 0 Å². The van der Waals surface area contributed by atoms with Gasteiger partial charge in [0.05, 0.1) is 5.56 Å². The maximum absolute atomic E-state index is 11.4. The molecule has 0 aliphatic heterocycles. The molecule has 1 aromatic carbocycles. The third-order valence-electron chi connectivity index (χ3n) is 2.25. The quantitative estimate of drug-likeness (QED) is 0.732. The predicted molar refractivity (Wildman–Crippen MR) is 56.0 cm³/mol. The Balaban J connectivity index is 2.36. The Morgan fingerprint density at radius 3 is 2.53 bits per heavy atom. The number of carbonyl (C=O) groups excluding carboxylic acids is 1. The van der Waals surface area contributed by atoms with Crippen LogP contribution in [0.25, 0.3) is 0 Å². The number of H-pyrrole nitrogens is 2. The number of rotatable bonds is 3. The topological polar surface area (TPSA) is 65.7 Å². The molecule has 1 heterocycles. The van der Waals surface area contributed by atoms with Gasteiger partial charge in [0.25, 0.3) is 5.56 Å². The molecule has 15 heavy (non-hydrogen) atoms. The second kappa shape index (κ2) is 3.96. The lowest BCUT2D eigenvalue weighted by atomic mass is 10.1. The minimum Gasteiger partial charge on any atom is -0.296 e. The molecule has 4 nitrogen and oxygen atoms in total. The highest BCUT2D eigenvalue weighted by Crippen LogP contribution is 2.06. The van der Waals surface area contributed by atoms with E-state index in [-0.39, 0.29) is 5.56 Å². The molecule has 0 atom stereocenters. The van der Waals surface area contributed by atoms with Crippen LogP contribution in [0.15, 0.2) is 35.1 Å². The van der Waals surface area contributed by atoms with Crippen LogP contribution in [0.4, 0.5) is 0 Å². The molecule has 0 amide bonds. The second-order valence-corrected chi connectivity index (χ2v) is 3.25. The summed E-state index contributed by atoms with van der Waals surface area (Å²) in [5.74, 6) is 0. The molecule has 4 heteroatoms. The van der Waals surface area contributed by atoms with Crippen molar-refractivity contribution in [2.75, 3.05) is 0 Å². The van der Waals surface area contributed by atoms with Crippen LogP contribution in [0.1, 0.15) is 21.6 Å². The summed E-state index contributed by atoms with van der Waals surface area (Å²) in [5, 5.41) is 4.94. The van der Waals surface area contributed by atoms with E-state index in [4.69, 9.17) is 0 Å². The van der Waals surface area contributed by atoms with Gasteiger partial charge in [0.15, 0.2) is 6.29 Å². The average molecular weight is 202 g/mol. The number of hydrogen-bond acceptors (Lipinski definition) is 2. The molecular formula is C11H10N2O2. The van der Waals surface area contributed by atoms with E-state index in [9.17, 15) is 9.59 Å². The second-order valence-electron chi connectivity index (χ2n) is 3.25. The van der Waals surface area contributed by atoms with Crippen molar-refractivity contribution in [1.82, 2.24) is 10.2 Å². The van der Waals surface area contributed by atoms with Crippen LogP contribution in [-0.2, 0) is 6.42 Å². The number of hydrogen-bond donors (Lipinski definition) is 2. The van der Waals surface area contributed by atoms with Gasteiger partial charge in [-0.2, -0.15) is 0 Å². The highest BCUT2D eigenvalue weighted by molar-refractivity contribution is 5.74. The normalized spacial score (nSPS) is 10.1. The molecule has 2 N–H and O–H groups in total. The zero-order valence-electron chi connectivity index (χ0n) is 7.99. The standard InChI is InChI=1S/C11H10N2O2/c14-7-10-9(11(15)13-12-10)6-8-4-2-1-3-5-8/h1-5,7H,6H2,(H2,12,13,15). The van der Waals surface area contributed by atoms with Crippen LogP contribution in [0.2, 0.25) is 0 Å². The smallest absolute Gasteiger partial charge is 0.268 e. The number of aromatic amines is 2. The number of aldehydes is 1. The molecule has 0 fully saturated rings. The molecule has 0 spiro atoms. The van der Waals surface area contributed by atoms with E-state index >= 15 is 0 Å². The molecule has 0 aliphatic rings. The van der Waals surface area contributed by atoms with Gasteiger partial charge >= 0.3 is 0 Å². The molecule has 0 aliphatic carbocycles. The SMILES string of the molecule is O=Cc1[nH][nH]c(=O)c1Cc1ccccc1. The summed E-state index contributed by atoms with van der Waals surface area (Å²) in [4.78, 5) is 22.0. The molecule has 0 saturated carbocycles. The molecule has 0 saturated heterocycles. The van der Waals surface area contributed by atoms with Crippen LogP contribution in [-0.4, -0.2) is 16.5 Å². The van der Waals surface area contributed by atoms with Crippen LogP contribution >= 0.6 is 0 Å². The Hall–Kier alpha value is -2.10. The molecule has 0 unspecified atom stereocenters. The average Bonchev–Trinajstić information content (AvgIpc) is 2.62. The first kappa shape index (κ1) is 9.45. The highest BCUT2D eigenvalue weighted by Gasteiger charge is 2.08. The van der Waals surface area contributed by atoms with Gasteiger partial charge in [-0.25, -0.2) is 0 Å². The van der Waals surface area contributed by atoms with Crippen LogP contribution in [0.5, 0.6) is 0 Å². The highest BCUT2D eigenvalue weighted by atomic mass is 16.1. The Morgan fingerprint density at radius 1 is 1.13 bits per heavy atom. The molecule has 76 valence electrons. The van der Waals surface area contributed by atoms with Gasteiger partial charge in [0.1, 0.15) is 5.69 Å². The Kier molecular flexibility index (Phi) is 2.49. The number of nitrogens with one attached hydrogen (secondary N) is 2. The number of aromatic nitrogens is 2. The summed E-state index contributed by atoms with van der Waals surface area (Å²) in [6.45, 7) is 0. The molecule has 0 radical (unpaired) electrons. The van der Waals surface area contributed by atoms with Gasteiger partial charge in [-0.1, -0.05) is 30.3 Å². The Labute approximate surface area is 85.9 Å². The minimum atomic E-state index is -0.235. The van der Waals surface area contributed by atoms with Crippen molar-refractivity contribution in [2.24, 2.45) is 0 Å². The number of carbonyl (C=O) groups is 1. The van der Waals surface area contributed by atoms with Crippen molar-refractivity contribution in [3.63, 3.8) is 0 Å². The van der Waals surface area contributed by atoms with Gasteiger partial charge < -0.3 is 0 Å². The van der Waals surface area contributed by atoms with E-state index < -0.39 is 0 Å². The fourth-order valence-corrected chi connectivity index (χ4v) is 1.47. The van der Waals surface area contributed by atoms with E-state index in [1.54, 1.807) is 0 Å². The fourth-order valence-electron chi connectivity index (χ4n) is 1.47. The van der Waals surface area contributed by atoms with Gasteiger partial charge in [0.2, 0.25) is 0 Å². The summed E-state index contributed by atoms with van der Waals surface area (Å²) in [6.07, 6.45) is 1.11. The third kappa shape index (κ3) is 1.88. The van der Waals surface area contributed by atoms with Crippen LogP contribution in [0.3, 0.4) is 0 Å². The summed E-state index contributed by atoms with van der Waals surface area (Å²) < 4.78 is 0. The molecular weight excluding hydrogens is 192 g/mol. The predicted octanol–water partition coefficient (Wildman–Crippen LogP) is 1.11. The van der Waals surface area contributed by atoms with Crippen molar-refractivity contribution < 1.29 is 4.79 Å². The molecule has 1 aromatic heterocycles. The number of benzene rings is 1. The summed E-state index contributed by atoms with van der Waals surface area (Å²) in [7, 11) is 0. The lowest BCUT2D eigenvalue weighted by Crippen LogP contribution is -2.07. The monoisotopic (exact) mass is 202 g/mol. The molecule has 2 aromatic rings.